The third kappa shape index (κ3) is 4.36. The molecular weight excluding hydrogens is 392 g/mol. The number of halogens is 1. The number of nitrogens with zero attached hydrogens (tertiary/aromatic N) is 2. The minimum Gasteiger partial charge on any atom is -0.493 e. The van der Waals surface area contributed by atoms with Gasteiger partial charge < -0.3 is 9.30 Å². The average molecular weight is 419 g/mol. The third-order valence-corrected chi connectivity index (χ3v) is 5.67. The van der Waals surface area contributed by atoms with E-state index in [0.29, 0.717) is 12.5 Å². The Morgan fingerprint density at radius 1 is 0.900 bits per heavy atom. The molecule has 0 aliphatic heterocycles. The first kappa shape index (κ1) is 20.5. The Morgan fingerprint density at radius 3 is 2.47 bits per heavy atom. The Kier molecular flexibility index (Phi) is 6.39. The predicted octanol–water partition coefficient (Wildman–Crippen LogP) is 7.34. The second-order valence-electron chi connectivity index (χ2n) is 7.80. The first-order valence-electron chi connectivity index (χ1n) is 10.6. The summed E-state index contributed by atoms with van der Waals surface area (Å²) in [6, 6.07) is 24.5. The van der Waals surface area contributed by atoms with Crippen LogP contribution < -0.4 is 4.74 Å². The van der Waals surface area contributed by atoms with Crippen LogP contribution in [-0.4, -0.2) is 16.2 Å². The molecule has 0 fully saturated rings. The van der Waals surface area contributed by atoms with Gasteiger partial charge in [-0.25, -0.2) is 4.98 Å². The molecule has 0 saturated heterocycles. The fourth-order valence-corrected chi connectivity index (χ4v) is 4.01. The van der Waals surface area contributed by atoms with Crippen LogP contribution in [0.1, 0.15) is 38.2 Å². The molecule has 3 aromatic carbocycles. The molecule has 0 saturated carbocycles. The molecule has 1 aromatic heterocycles. The quantitative estimate of drug-likeness (QED) is 0.280. The van der Waals surface area contributed by atoms with Gasteiger partial charge in [-0.3, -0.25) is 0 Å². The molecule has 0 atom stereocenters. The van der Waals surface area contributed by atoms with Crippen molar-refractivity contribution in [3.8, 4) is 17.1 Å². The van der Waals surface area contributed by atoms with Crippen LogP contribution in [0.25, 0.3) is 22.4 Å². The summed E-state index contributed by atoms with van der Waals surface area (Å²) in [7, 11) is 0. The van der Waals surface area contributed by atoms with Crippen molar-refractivity contribution in [1.82, 2.24) is 9.55 Å². The van der Waals surface area contributed by atoms with Crippen LogP contribution >= 0.6 is 11.6 Å². The summed E-state index contributed by atoms with van der Waals surface area (Å²) in [5, 5.41) is 0.725. The molecule has 0 N–H and O–H groups in total. The lowest BCUT2D eigenvalue weighted by Gasteiger charge is -2.14. The van der Waals surface area contributed by atoms with E-state index < -0.39 is 0 Å². The number of para-hydroxylation sites is 3. The third-order valence-electron chi connectivity index (χ3n) is 5.34. The van der Waals surface area contributed by atoms with Gasteiger partial charge in [0.15, 0.2) is 0 Å². The second-order valence-corrected chi connectivity index (χ2v) is 8.21. The number of hydrogen-bond donors (Lipinski definition) is 0. The van der Waals surface area contributed by atoms with E-state index in [2.05, 4.69) is 54.8 Å². The number of ether oxygens (including phenoxy) is 1. The molecule has 1 heterocycles. The Labute approximate surface area is 183 Å². The standard InChI is InChI=1S/C26H27ClN2O/c1-19(2)20-11-4-8-16-25(20)30-18-10-9-17-29-24-15-7-6-14-23(24)28-26(29)21-12-3-5-13-22(21)27/h3-8,11-16,19H,9-10,17-18H2,1-2H3. The molecule has 4 heteroatoms. The zero-order chi connectivity index (χ0) is 20.9. The van der Waals surface area contributed by atoms with Gasteiger partial charge in [0.1, 0.15) is 11.6 Å². The van der Waals surface area contributed by atoms with Gasteiger partial charge in [-0.15, -0.1) is 0 Å². The summed E-state index contributed by atoms with van der Waals surface area (Å²) >= 11 is 6.48. The SMILES string of the molecule is CC(C)c1ccccc1OCCCCn1c(-c2ccccc2Cl)nc2ccccc21. The highest BCUT2D eigenvalue weighted by molar-refractivity contribution is 6.33. The van der Waals surface area contributed by atoms with Gasteiger partial charge in [0.2, 0.25) is 0 Å². The number of aryl methyl sites for hydroxylation is 1. The van der Waals surface area contributed by atoms with Crippen LogP contribution in [0.5, 0.6) is 5.75 Å². The molecular formula is C26H27ClN2O. The maximum atomic E-state index is 6.48. The first-order chi connectivity index (χ1) is 14.6. The lowest BCUT2D eigenvalue weighted by atomic mass is 10.0. The Morgan fingerprint density at radius 2 is 1.63 bits per heavy atom. The number of aromatic nitrogens is 2. The largest absolute Gasteiger partial charge is 0.493 e. The highest BCUT2D eigenvalue weighted by atomic mass is 35.5. The minimum atomic E-state index is 0.455. The van der Waals surface area contributed by atoms with Gasteiger partial charge in [0, 0.05) is 12.1 Å². The summed E-state index contributed by atoms with van der Waals surface area (Å²) in [6.07, 6.45) is 1.97. The molecule has 3 nitrogen and oxygen atoms in total. The first-order valence-corrected chi connectivity index (χ1v) is 10.9. The zero-order valence-corrected chi connectivity index (χ0v) is 18.3. The molecule has 0 aliphatic carbocycles. The van der Waals surface area contributed by atoms with Crippen LogP contribution in [0.2, 0.25) is 5.02 Å². The summed E-state index contributed by atoms with van der Waals surface area (Å²) in [6.45, 7) is 5.97. The van der Waals surface area contributed by atoms with E-state index in [-0.39, 0.29) is 0 Å². The number of unbranched alkanes of at least 4 members (excludes halogenated alkanes) is 1. The van der Waals surface area contributed by atoms with Gasteiger partial charge in [-0.05, 0) is 54.7 Å². The van der Waals surface area contributed by atoms with Gasteiger partial charge in [-0.1, -0.05) is 67.9 Å². The summed E-state index contributed by atoms with van der Waals surface area (Å²) in [5.41, 5.74) is 4.37. The predicted molar refractivity (Wildman–Crippen MR) is 125 cm³/mol. The van der Waals surface area contributed by atoms with E-state index in [9.17, 15) is 0 Å². The summed E-state index contributed by atoms with van der Waals surface area (Å²) in [5.74, 6) is 2.38. The average Bonchev–Trinajstić information content (AvgIpc) is 3.12. The Hall–Kier alpha value is -2.78. The van der Waals surface area contributed by atoms with E-state index in [4.69, 9.17) is 21.3 Å². The number of benzene rings is 3. The summed E-state index contributed by atoms with van der Waals surface area (Å²) < 4.78 is 8.37. The molecule has 4 aromatic rings. The lowest BCUT2D eigenvalue weighted by Crippen LogP contribution is -2.05. The van der Waals surface area contributed by atoms with Crippen molar-refractivity contribution < 1.29 is 4.74 Å². The smallest absolute Gasteiger partial charge is 0.142 e. The van der Waals surface area contributed by atoms with Crippen molar-refractivity contribution in [1.29, 1.82) is 0 Å². The monoisotopic (exact) mass is 418 g/mol. The highest BCUT2D eigenvalue weighted by Gasteiger charge is 2.14. The van der Waals surface area contributed by atoms with Crippen LogP contribution in [0.15, 0.2) is 72.8 Å². The molecule has 4 rings (SSSR count). The van der Waals surface area contributed by atoms with Gasteiger partial charge in [-0.2, -0.15) is 0 Å². The number of rotatable bonds is 8. The minimum absolute atomic E-state index is 0.455. The lowest BCUT2D eigenvalue weighted by molar-refractivity contribution is 0.299. The molecule has 0 amide bonds. The van der Waals surface area contributed by atoms with Crippen molar-refractivity contribution in [2.75, 3.05) is 6.61 Å². The van der Waals surface area contributed by atoms with Gasteiger partial charge in [0.25, 0.3) is 0 Å². The Balaban J connectivity index is 1.47. The molecule has 0 unspecified atom stereocenters. The normalized spacial score (nSPS) is 11.3. The van der Waals surface area contributed by atoms with E-state index in [1.807, 2.05) is 36.4 Å². The molecule has 154 valence electrons. The van der Waals surface area contributed by atoms with E-state index in [1.165, 1.54) is 5.56 Å². The molecule has 0 spiro atoms. The molecule has 30 heavy (non-hydrogen) atoms. The van der Waals surface area contributed by atoms with Crippen LogP contribution in [-0.2, 0) is 6.54 Å². The fourth-order valence-electron chi connectivity index (χ4n) is 3.79. The molecule has 0 aliphatic rings. The van der Waals surface area contributed by atoms with Crippen LogP contribution in [0.3, 0.4) is 0 Å². The van der Waals surface area contributed by atoms with Crippen molar-refractivity contribution >= 4 is 22.6 Å². The molecule has 0 bridgehead atoms. The second kappa shape index (κ2) is 9.36. The Bertz CT molecular complexity index is 1130. The zero-order valence-electron chi connectivity index (χ0n) is 17.5. The van der Waals surface area contributed by atoms with Gasteiger partial charge >= 0.3 is 0 Å². The van der Waals surface area contributed by atoms with Crippen molar-refractivity contribution in [2.24, 2.45) is 0 Å². The maximum Gasteiger partial charge on any atom is 0.142 e. The van der Waals surface area contributed by atoms with E-state index in [1.54, 1.807) is 0 Å². The fraction of sp³-hybridized carbons (Fsp3) is 0.269. The van der Waals surface area contributed by atoms with E-state index in [0.717, 1.165) is 52.6 Å². The van der Waals surface area contributed by atoms with Gasteiger partial charge in [0.05, 0.1) is 22.7 Å². The summed E-state index contributed by atoms with van der Waals surface area (Å²) in [4.78, 5) is 4.87. The maximum absolute atomic E-state index is 6.48. The van der Waals surface area contributed by atoms with Crippen molar-refractivity contribution in [3.05, 3.63) is 83.4 Å². The number of fused-ring (bicyclic) bond motifs is 1. The van der Waals surface area contributed by atoms with E-state index >= 15 is 0 Å². The van der Waals surface area contributed by atoms with Crippen LogP contribution in [0.4, 0.5) is 0 Å². The number of hydrogen-bond acceptors (Lipinski definition) is 2. The highest BCUT2D eigenvalue weighted by Crippen LogP contribution is 2.30. The van der Waals surface area contributed by atoms with Crippen molar-refractivity contribution in [2.45, 2.75) is 39.2 Å². The number of imidazole rings is 1. The molecule has 0 radical (unpaired) electrons. The topological polar surface area (TPSA) is 27.1 Å². The van der Waals surface area contributed by atoms with Crippen molar-refractivity contribution in [3.63, 3.8) is 0 Å². The van der Waals surface area contributed by atoms with Crippen LogP contribution in [0, 0.1) is 0 Å².